The number of amidine groups is 1. The van der Waals surface area contributed by atoms with Crippen molar-refractivity contribution in [1.29, 1.82) is 0 Å². The second kappa shape index (κ2) is 3.82. The van der Waals surface area contributed by atoms with Gasteiger partial charge in [0.1, 0.15) is 11.5 Å². The fraction of sp³-hybridized carbons (Fsp3) is 0.250. The molecule has 0 aliphatic rings. The summed E-state index contributed by atoms with van der Waals surface area (Å²) in [7, 11) is 0. The van der Waals surface area contributed by atoms with Gasteiger partial charge < -0.3 is 21.0 Å². The number of hydrogen-bond acceptors (Lipinski definition) is 3. The Morgan fingerprint density at radius 2 is 2.36 bits per heavy atom. The quantitative estimate of drug-likeness (QED) is 0.242. The first-order chi connectivity index (χ1) is 6.54. The molecule has 1 aromatic rings. The number of aryl methyl sites for hydroxylation is 1. The van der Waals surface area contributed by atoms with Crippen LogP contribution in [-0.4, -0.2) is 27.1 Å². The predicted molar refractivity (Wildman–Crippen MR) is 49.6 cm³/mol. The summed E-state index contributed by atoms with van der Waals surface area (Å²) >= 11 is 0. The predicted octanol–water partition coefficient (Wildman–Crippen LogP) is 0.310. The number of aromatic amines is 1. The van der Waals surface area contributed by atoms with Crippen molar-refractivity contribution in [2.24, 2.45) is 10.9 Å². The van der Waals surface area contributed by atoms with Gasteiger partial charge in [-0.25, -0.2) is 4.79 Å². The second-order valence-corrected chi connectivity index (χ2v) is 2.92. The highest BCUT2D eigenvalue weighted by Crippen LogP contribution is 2.10. The molecule has 6 nitrogen and oxygen atoms in total. The van der Waals surface area contributed by atoms with Crippen LogP contribution in [0.4, 0.5) is 0 Å². The van der Waals surface area contributed by atoms with Crippen molar-refractivity contribution in [2.45, 2.75) is 13.3 Å². The van der Waals surface area contributed by atoms with E-state index in [0.29, 0.717) is 5.69 Å². The van der Waals surface area contributed by atoms with Crippen molar-refractivity contribution in [2.75, 3.05) is 0 Å². The van der Waals surface area contributed by atoms with Crippen LogP contribution in [0.3, 0.4) is 0 Å². The van der Waals surface area contributed by atoms with Gasteiger partial charge in [0.05, 0.1) is 0 Å². The molecular formula is C8H11N3O3. The fourth-order valence-electron chi connectivity index (χ4n) is 1.12. The first-order valence-corrected chi connectivity index (χ1v) is 3.92. The molecule has 0 saturated heterocycles. The van der Waals surface area contributed by atoms with Gasteiger partial charge >= 0.3 is 5.97 Å². The summed E-state index contributed by atoms with van der Waals surface area (Å²) in [5, 5.41) is 19.8. The largest absolute Gasteiger partial charge is 0.477 e. The molecule has 0 atom stereocenters. The van der Waals surface area contributed by atoms with Crippen LogP contribution < -0.4 is 5.73 Å². The Bertz CT molecular complexity index is 381. The maximum atomic E-state index is 10.6. The molecule has 1 rings (SSSR count). The maximum Gasteiger partial charge on any atom is 0.352 e. The molecular weight excluding hydrogens is 186 g/mol. The number of hydrogen-bond donors (Lipinski definition) is 4. The molecule has 0 fully saturated rings. The summed E-state index contributed by atoms with van der Waals surface area (Å²) in [6.45, 7) is 1.75. The van der Waals surface area contributed by atoms with E-state index in [4.69, 9.17) is 16.0 Å². The Morgan fingerprint density at radius 3 is 2.79 bits per heavy atom. The molecule has 0 aliphatic heterocycles. The van der Waals surface area contributed by atoms with E-state index in [1.165, 1.54) is 6.07 Å². The standard InChI is InChI=1S/C8H11N3O3/c1-4-2-6(8(12)13)10-5(4)3-7(9)11-14/h2,10,14H,3H2,1H3,(H2,9,11)(H,12,13). The maximum absolute atomic E-state index is 10.6. The lowest BCUT2D eigenvalue weighted by molar-refractivity contribution is 0.0691. The van der Waals surface area contributed by atoms with Crippen LogP contribution >= 0.6 is 0 Å². The minimum atomic E-state index is -1.03. The second-order valence-electron chi connectivity index (χ2n) is 2.92. The van der Waals surface area contributed by atoms with E-state index in [2.05, 4.69) is 10.1 Å². The summed E-state index contributed by atoms with van der Waals surface area (Å²) in [6.07, 6.45) is 0.204. The topological polar surface area (TPSA) is 112 Å². The Labute approximate surface area is 80.0 Å². The van der Waals surface area contributed by atoms with Crippen LogP contribution in [0.15, 0.2) is 11.2 Å². The van der Waals surface area contributed by atoms with Crippen molar-refractivity contribution in [1.82, 2.24) is 4.98 Å². The Morgan fingerprint density at radius 1 is 1.71 bits per heavy atom. The van der Waals surface area contributed by atoms with Crippen LogP contribution in [0.5, 0.6) is 0 Å². The van der Waals surface area contributed by atoms with E-state index >= 15 is 0 Å². The number of carboxylic acid groups (broad SMARTS) is 1. The van der Waals surface area contributed by atoms with Crippen molar-refractivity contribution in [3.8, 4) is 0 Å². The zero-order valence-electron chi connectivity index (χ0n) is 7.61. The summed E-state index contributed by atoms with van der Waals surface area (Å²) < 4.78 is 0. The third-order valence-corrected chi connectivity index (χ3v) is 1.84. The molecule has 6 heteroatoms. The summed E-state index contributed by atoms with van der Waals surface area (Å²) in [4.78, 5) is 13.3. The summed E-state index contributed by atoms with van der Waals surface area (Å²) in [5.74, 6) is -0.995. The van der Waals surface area contributed by atoms with Crippen molar-refractivity contribution in [3.63, 3.8) is 0 Å². The molecule has 14 heavy (non-hydrogen) atoms. The Kier molecular flexibility index (Phi) is 2.76. The van der Waals surface area contributed by atoms with Crippen LogP contribution in [0.2, 0.25) is 0 Å². The number of aromatic carboxylic acids is 1. The first-order valence-electron chi connectivity index (χ1n) is 3.92. The van der Waals surface area contributed by atoms with E-state index in [1.54, 1.807) is 6.92 Å². The molecule has 0 spiro atoms. The van der Waals surface area contributed by atoms with Gasteiger partial charge in [-0.15, -0.1) is 0 Å². The van der Waals surface area contributed by atoms with Gasteiger partial charge in [-0.05, 0) is 18.6 Å². The summed E-state index contributed by atoms with van der Waals surface area (Å²) in [6, 6.07) is 1.50. The molecule has 0 bridgehead atoms. The molecule has 1 heterocycles. The molecule has 0 unspecified atom stereocenters. The lowest BCUT2D eigenvalue weighted by atomic mass is 10.2. The van der Waals surface area contributed by atoms with E-state index in [-0.39, 0.29) is 18.0 Å². The first kappa shape index (κ1) is 10.1. The Balaban J connectivity index is 2.93. The van der Waals surface area contributed by atoms with Gasteiger partial charge in [-0.2, -0.15) is 0 Å². The van der Waals surface area contributed by atoms with Gasteiger partial charge in [0.15, 0.2) is 0 Å². The van der Waals surface area contributed by atoms with E-state index < -0.39 is 5.97 Å². The van der Waals surface area contributed by atoms with Crippen LogP contribution in [0, 0.1) is 6.92 Å². The molecule has 0 aliphatic carbocycles. The van der Waals surface area contributed by atoms with Crippen molar-refractivity contribution < 1.29 is 15.1 Å². The lowest BCUT2D eigenvalue weighted by Gasteiger charge is -1.97. The van der Waals surface area contributed by atoms with Crippen LogP contribution in [0.25, 0.3) is 0 Å². The van der Waals surface area contributed by atoms with Crippen LogP contribution in [0.1, 0.15) is 21.7 Å². The minimum Gasteiger partial charge on any atom is -0.477 e. The number of oxime groups is 1. The third-order valence-electron chi connectivity index (χ3n) is 1.84. The van der Waals surface area contributed by atoms with Crippen molar-refractivity contribution >= 4 is 11.8 Å². The number of carbonyl (C=O) groups is 1. The molecule has 0 radical (unpaired) electrons. The highest BCUT2D eigenvalue weighted by atomic mass is 16.4. The number of carboxylic acids is 1. The highest BCUT2D eigenvalue weighted by molar-refractivity contribution is 5.87. The fourth-order valence-corrected chi connectivity index (χ4v) is 1.12. The third kappa shape index (κ3) is 2.03. The van der Waals surface area contributed by atoms with E-state index in [0.717, 1.165) is 5.56 Å². The van der Waals surface area contributed by atoms with E-state index in [1.807, 2.05) is 0 Å². The molecule has 76 valence electrons. The average molecular weight is 197 g/mol. The number of aromatic nitrogens is 1. The monoisotopic (exact) mass is 197 g/mol. The zero-order chi connectivity index (χ0) is 10.7. The zero-order valence-corrected chi connectivity index (χ0v) is 7.61. The minimum absolute atomic E-state index is 0.0342. The van der Waals surface area contributed by atoms with Gasteiger partial charge in [-0.1, -0.05) is 5.16 Å². The molecule has 0 aromatic carbocycles. The number of nitrogens with one attached hydrogen (secondary N) is 1. The molecule has 1 aromatic heterocycles. The number of rotatable bonds is 3. The molecule has 0 saturated carbocycles. The molecule has 0 amide bonds. The number of H-pyrrole nitrogens is 1. The van der Waals surface area contributed by atoms with Gasteiger partial charge in [-0.3, -0.25) is 0 Å². The summed E-state index contributed by atoms with van der Waals surface area (Å²) in [5.41, 5.74) is 6.80. The average Bonchev–Trinajstić information content (AvgIpc) is 2.48. The SMILES string of the molecule is Cc1cc(C(=O)O)[nH]c1C/C(N)=N/O. The highest BCUT2D eigenvalue weighted by Gasteiger charge is 2.10. The van der Waals surface area contributed by atoms with Gasteiger partial charge in [0, 0.05) is 12.1 Å². The van der Waals surface area contributed by atoms with Crippen LogP contribution in [-0.2, 0) is 6.42 Å². The van der Waals surface area contributed by atoms with Gasteiger partial charge in [0.2, 0.25) is 0 Å². The van der Waals surface area contributed by atoms with Gasteiger partial charge in [0.25, 0.3) is 0 Å². The number of nitrogens with zero attached hydrogens (tertiary/aromatic N) is 1. The van der Waals surface area contributed by atoms with E-state index in [9.17, 15) is 4.79 Å². The molecule has 5 N–H and O–H groups in total. The normalized spacial score (nSPS) is 11.6. The Hall–Kier alpha value is -1.98. The number of nitrogens with two attached hydrogens (primary N) is 1. The van der Waals surface area contributed by atoms with Crippen molar-refractivity contribution in [3.05, 3.63) is 23.0 Å². The lowest BCUT2D eigenvalue weighted by Crippen LogP contribution is -2.15. The smallest absolute Gasteiger partial charge is 0.352 e.